The number of nitriles is 1. The molecule has 1 N–H and O–H groups in total. The molecule has 0 saturated carbocycles. The minimum atomic E-state index is -2.12. The molecule has 0 saturated heterocycles. The number of hydrogen-bond donors (Lipinski definition) is 1. The van der Waals surface area contributed by atoms with Crippen molar-refractivity contribution < 1.29 is 19.1 Å². The molecule has 120 valence electrons. The molecule has 1 heterocycles. The van der Waals surface area contributed by atoms with Gasteiger partial charge in [-0.05, 0) is 36.8 Å². The maximum Gasteiger partial charge on any atom is 0.271 e. The Kier molecular flexibility index (Phi) is 3.66. The van der Waals surface area contributed by atoms with Crippen molar-refractivity contribution in [2.24, 2.45) is 0 Å². The fourth-order valence-electron chi connectivity index (χ4n) is 2.83. The monoisotopic (exact) mass is 324 g/mol. The quantitative estimate of drug-likeness (QED) is 0.860. The number of halogens is 1. The first-order valence-electron chi connectivity index (χ1n) is 7.24. The SMILES string of the molecule is Cc1cc(N2C(=O)c3ccccc3C(O)(CC#N)C2=O)ccc1F. The van der Waals surface area contributed by atoms with Crippen LogP contribution >= 0.6 is 0 Å². The van der Waals surface area contributed by atoms with E-state index >= 15 is 0 Å². The van der Waals surface area contributed by atoms with Crippen molar-refractivity contribution in [3.05, 3.63) is 65.0 Å². The van der Waals surface area contributed by atoms with Crippen LogP contribution in [-0.2, 0) is 10.4 Å². The summed E-state index contributed by atoms with van der Waals surface area (Å²) in [6.07, 6.45) is -0.493. The van der Waals surface area contributed by atoms with Gasteiger partial charge in [-0.2, -0.15) is 5.26 Å². The van der Waals surface area contributed by atoms with Crippen LogP contribution in [0, 0.1) is 24.1 Å². The second kappa shape index (κ2) is 5.55. The molecule has 0 radical (unpaired) electrons. The summed E-state index contributed by atoms with van der Waals surface area (Å²) in [4.78, 5) is 26.3. The van der Waals surface area contributed by atoms with Gasteiger partial charge in [0.2, 0.25) is 0 Å². The zero-order valence-corrected chi connectivity index (χ0v) is 12.8. The van der Waals surface area contributed by atoms with E-state index in [1.54, 1.807) is 18.2 Å². The highest BCUT2D eigenvalue weighted by Gasteiger charge is 2.50. The number of rotatable bonds is 2. The van der Waals surface area contributed by atoms with Gasteiger partial charge in [0.05, 0.1) is 18.2 Å². The molecule has 2 aromatic rings. The number of benzene rings is 2. The molecule has 24 heavy (non-hydrogen) atoms. The zero-order valence-electron chi connectivity index (χ0n) is 12.8. The van der Waals surface area contributed by atoms with Crippen LogP contribution in [0.3, 0.4) is 0 Å². The summed E-state index contributed by atoms with van der Waals surface area (Å²) in [5.74, 6) is -2.01. The van der Waals surface area contributed by atoms with E-state index in [0.717, 1.165) is 11.0 Å². The summed E-state index contributed by atoms with van der Waals surface area (Å²) in [5.41, 5.74) is -1.47. The Bertz CT molecular complexity index is 903. The number of amides is 2. The number of anilines is 1. The van der Waals surface area contributed by atoms with Crippen LogP contribution in [0.25, 0.3) is 0 Å². The largest absolute Gasteiger partial charge is 0.374 e. The average molecular weight is 324 g/mol. The first-order valence-corrected chi connectivity index (χ1v) is 7.24. The predicted octanol–water partition coefficient (Wildman–Crippen LogP) is 2.42. The lowest BCUT2D eigenvalue weighted by Crippen LogP contribution is -2.54. The number of carbonyl (C=O) groups excluding carboxylic acids is 2. The zero-order chi connectivity index (χ0) is 17.5. The molecule has 0 spiro atoms. The van der Waals surface area contributed by atoms with Crippen molar-refractivity contribution in [3.63, 3.8) is 0 Å². The highest BCUT2D eigenvalue weighted by Crippen LogP contribution is 2.37. The lowest BCUT2D eigenvalue weighted by atomic mass is 9.82. The summed E-state index contributed by atoms with van der Waals surface area (Å²) in [7, 11) is 0. The van der Waals surface area contributed by atoms with E-state index in [0.29, 0.717) is 0 Å². The Hall–Kier alpha value is -3.04. The summed E-state index contributed by atoms with van der Waals surface area (Å²) >= 11 is 0. The Morgan fingerprint density at radius 3 is 2.62 bits per heavy atom. The van der Waals surface area contributed by atoms with Gasteiger partial charge in [-0.15, -0.1) is 0 Å². The smallest absolute Gasteiger partial charge is 0.271 e. The molecule has 6 heteroatoms. The molecule has 0 fully saturated rings. The standard InChI is InChI=1S/C18H13FN2O3/c1-11-10-12(6-7-15(11)19)21-16(22)13-4-2-3-5-14(13)18(24,8-9-20)17(21)23/h2-7,10,24H,8H2,1H3. The number of fused-ring (bicyclic) bond motifs is 1. The summed E-state index contributed by atoms with van der Waals surface area (Å²) in [5, 5.41) is 19.8. The highest BCUT2D eigenvalue weighted by atomic mass is 19.1. The van der Waals surface area contributed by atoms with Crippen LogP contribution in [0.2, 0.25) is 0 Å². The summed E-state index contributed by atoms with van der Waals surface area (Å²) in [6.45, 7) is 1.51. The van der Waals surface area contributed by atoms with Crippen LogP contribution in [0.5, 0.6) is 0 Å². The molecule has 0 aromatic heterocycles. The number of aliphatic hydroxyl groups is 1. The molecule has 5 nitrogen and oxygen atoms in total. The third-order valence-electron chi connectivity index (χ3n) is 4.10. The highest BCUT2D eigenvalue weighted by molar-refractivity contribution is 6.27. The molecule has 1 aliphatic rings. The minimum absolute atomic E-state index is 0.108. The van der Waals surface area contributed by atoms with Crippen LogP contribution in [-0.4, -0.2) is 16.9 Å². The molecule has 3 rings (SSSR count). The van der Waals surface area contributed by atoms with E-state index in [2.05, 4.69) is 0 Å². The number of hydrogen-bond acceptors (Lipinski definition) is 4. The van der Waals surface area contributed by atoms with Crippen molar-refractivity contribution in [1.29, 1.82) is 5.26 Å². The van der Waals surface area contributed by atoms with Crippen molar-refractivity contribution in [2.45, 2.75) is 18.9 Å². The first kappa shape index (κ1) is 15.8. The molecule has 0 aliphatic carbocycles. The summed E-state index contributed by atoms with van der Waals surface area (Å²) in [6, 6.07) is 11.7. The lowest BCUT2D eigenvalue weighted by molar-refractivity contribution is -0.137. The molecular weight excluding hydrogens is 311 g/mol. The Morgan fingerprint density at radius 1 is 1.25 bits per heavy atom. The Balaban J connectivity index is 2.22. The van der Waals surface area contributed by atoms with E-state index in [9.17, 15) is 19.1 Å². The minimum Gasteiger partial charge on any atom is -0.374 e. The van der Waals surface area contributed by atoms with Gasteiger partial charge in [0.15, 0.2) is 5.60 Å². The second-order valence-corrected chi connectivity index (χ2v) is 5.62. The van der Waals surface area contributed by atoms with Crippen LogP contribution < -0.4 is 4.90 Å². The van der Waals surface area contributed by atoms with Crippen molar-refractivity contribution in [3.8, 4) is 6.07 Å². The van der Waals surface area contributed by atoms with Crippen molar-refractivity contribution in [1.82, 2.24) is 0 Å². The van der Waals surface area contributed by atoms with Gasteiger partial charge in [0.25, 0.3) is 11.8 Å². The van der Waals surface area contributed by atoms with Gasteiger partial charge < -0.3 is 5.11 Å². The number of carbonyl (C=O) groups is 2. The van der Waals surface area contributed by atoms with Gasteiger partial charge in [-0.3, -0.25) is 9.59 Å². The number of nitrogens with zero attached hydrogens (tertiary/aromatic N) is 2. The molecular formula is C18H13FN2O3. The van der Waals surface area contributed by atoms with Gasteiger partial charge in [0.1, 0.15) is 5.82 Å². The molecule has 1 aliphatic heterocycles. The van der Waals surface area contributed by atoms with Crippen molar-refractivity contribution in [2.75, 3.05) is 4.90 Å². The van der Waals surface area contributed by atoms with E-state index < -0.39 is 29.7 Å². The lowest BCUT2D eigenvalue weighted by Gasteiger charge is -2.37. The molecule has 0 bridgehead atoms. The normalized spacial score (nSPS) is 19.8. The second-order valence-electron chi connectivity index (χ2n) is 5.62. The third kappa shape index (κ3) is 2.18. The van der Waals surface area contributed by atoms with Gasteiger partial charge in [-0.1, -0.05) is 18.2 Å². The molecule has 2 amide bonds. The van der Waals surface area contributed by atoms with Crippen LogP contribution in [0.4, 0.5) is 10.1 Å². The van der Waals surface area contributed by atoms with E-state index in [1.165, 1.54) is 31.2 Å². The van der Waals surface area contributed by atoms with E-state index in [4.69, 9.17) is 5.26 Å². The Morgan fingerprint density at radius 2 is 1.96 bits per heavy atom. The number of imide groups is 1. The first-order chi connectivity index (χ1) is 11.4. The van der Waals surface area contributed by atoms with Gasteiger partial charge in [0, 0.05) is 11.1 Å². The third-order valence-corrected chi connectivity index (χ3v) is 4.10. The molecule has 1 unspecified atom stereocenters. The fraction of sp³-hybridized carbons (Fsp3) is 0.167. The maximum absolute atomic E-state index is 13.5. The average Bonchev–Trinajstić information content (AvgIpc) is 2.57. The summed E-state index contributed by atoms with van der Waals surface area (Å²) < 4.78 is 13.5. The van der Waals surface area contributed by atoms with Gasteiger partial charge >= 0.3 is 0 Å². The maximum atomic E-state index is 13.5. The number of aryl methyl sites for hydroxylation is 1. The topological polar surface area (TPSA) is 81.4 Å². The van der Waals surface area contributed by atoms with E-state index in [1.807, 2.05) is 0 Å². The molecule has 1 atom stereocenters. The van der Waals surface area contributed by atoms with Crippen LogP contribution in [0.1, 0.15) is 27.9 Å². The van der Waals surface area contributed by atoms with Crippen LogP contribution in [0.15, 0.2) is 42.5 Å². The Labute approximate surface area is 137 Å². The fourth-order valence-corrected chi connectivity index (χ4v) is 2.83. The van der Waals surface area contributed by atoms with Gasteiger partial charge in [-0.25, -0.2) is 9.29 Å². The molecule has 2 aromatic carbocycles. The van der Waals surface area contributed by atoms with Crippen molar-refractivity contribution >= 4 is 17.5 Å². The predicted molar refractivity (Wildman–Crippen MR) is 83.5 cm³/mol. The van der Waals surface area contributed by atoms with E-state index in [-0.39, 0.29) is 22.4 Å².